The number of nitrogens with one attached hydrogen (secondary N) is 1. The Labute approximate surface area is 95.1 Å². The molecule has 0 radical (unpaired) electrons. The van der Waals surface area contributed by atoms with Crippen molar-refractivity contribution < 1.29 is 0 Å². The van der Waals surface area contributed by atoms with Gasteiger partial charge in [0, 0.05) is 24.0 Å². The molecule has 1 aromatic rings. The average molecular weight is 223 g/mol. The normalized spacial score (nSPS) is 26.5. The van der Waals surface area contributed by atoms with Crippen molar-refractivity contribution in [3.8, 4) is 0 Å². The Morgan fingerprint density at radius 3 is 3.27 bits per heavy atom. The summed E-state index contributed by atoms with van der Waals surface area (Å²) in [5, 5.41) is 12.2. The first-order valence-corrected chi connectivity index (χ1v) is 6.52. The lowest BCUT2D eigenvalue weighted by molar-refractivity contribution is 0.458. The molecule has 2 rings (SSSR count). The molecule has 3 nitrogen and oxygen atoms in total. The summed E-state index contributed by atoms with van der Waals surface area (Å²) < 4.78 is 0. The van der Waals surface area contributed by atoms with Gasteiger partial charge in [0.25, 0.3) is 0 Å². The highest BCUT2D eigenvalue weighted by molar-refractivity contribution is 7.99. The van der Waals surface area contributed by atoms with Crippen LogP contribution in [0.3, 0.4) is 0 Å². The zero-order valence-corrected chi connectivity index (χ0v) is 9.83. The van der Waals surface area contributed by atoms with Gasteiger partial charge >= 0.3 is 0 Å². The molecule has 2 unspecified atom stereocenters. The van der Waals surface area contributed by atoms with Crippen LogP contribution in [0.5, 0.6) is 0 Å². The molecule has 0 amide bonds. The maximum absolute atomic E-state index is 4.07. The third kappa shape index (κ3) is 3.18. The van der Waals surface area contributed by atoms with Crippen LogP contribution < -0.4 is 5.32 Å². The van der Waals surface area contributed by atoms with Gasteiger partial charge in [-0.05, 0) is 30.7 Å². The molecule has 1 aliphatic heterocycles. The third-order valence-corrected chi connectivity index (χ3v) is 4.16. The van der Waals surface area contributed by atoms with Gasteiger partial charge in [0.2, 0.25) is 0 Å². The van der Waals surface area contributed by atoms with E-state index in [-0.39, 0.29) is 0 Å². The number of thioether (sulfide) groups is 1. The van der Waals surface area contributed by atoms with Crippen LogP contribution in [0.1, 0.15) is 25.5 Å². The summed E-state index contributed by atoms with van der Waals surface area (Å²) in [6.45, 7) is 3.14. The standard InChI is InChI=1S/C11H17N3S/c1-9-11(5-3-7-15-9)12-8-10-4-2-6-13-14-10/h2,4,6,9,11-12H,3,5,7-8H2,1H3. The molecule has 0 aromatic carbocycles. The lowest BCUT2D eigenvalue weighted by Gasteiger charge is -2.29. The van der Waals surface area contributed by atoms with Crippen molar-refractivity contribution in [2.75, 3.05) is 5.75 Å². The van der Waals surface area contributed by atoms with E-state index in [9.17, 15) is 0 Å². The fourth-order valence-corrected chi connectivity index (χ4v) is 3.02. The lowest BCUT2D eigenvalue weighted by Crippen LogP contribution is -2.38. The molecule has 1 saturated heterocycles. The second-order valence-corrected chi connectivity index (χ2v) is 5.41. The van der Waals surface area contributed by atoms with Crippen LogP contribution >= 0.6 is 11.8 Å². The highest BCUT2D eigenvalue weighted by Gasteiger charge is 2.20. The maximum Gasteiger partial charge on any atom is 0.0769 e. The Morgan fingerprint density at radius 2 is 2.53 bits per heavy atom. The topological polar surface area (TPSA) is 37.8 Å². The Hall–Kier alpha value is -0.610. The van der Waals surface area contributed by atoms with Gasteiger partial charge in [0.15, 0.2) is 0 Å². The summed E-state index contributed by atoms with van der Waals surface area (Å²) in [4.78, 5) is 0. The van der Waals surface area contributed by atoms with Gasteiger partial charge < -0.3 is 5.32 Å². The average Bonchev–Trinajstić information content (AvgIpc) is 2.29. The van der Waals surface area contributed by atoms with Gasteiger partial charge in [-0.1, -0.05) is 6.92 Å². The Balaban J connectivity index is 1.82. The van der Waals surface area contributed by atoms with Crippen LogP contribution in [0, 0.1) is 0 Å². The van der Waals surface area contributed by atoms with Crippen LogP contribution in [-0.2, 0) is 6.54 Å². The third-order valence-electron chi connectivity index (χ3n) is 2.78. The van der Waals surface area contributed by atoms with Crippen molar-refractivity contribution in [1.82, 2.24) is 15.5 Å². The van der Waals surface area contributed by atoms with E-state index >= 15 is 0 Å². The molecular formula is C11H17N3S. The van der Waals surface area contributed by atoms with E-state index in [1.165, 1.54) is 18.6 Å². The van der Waals surface area contributed by atoms with Crippen LogP contribution in [0.2, 0.25) is 0 Å². The molecule has 0 spiro atoms. The first kappa shape index (κ1) is 10.9. The molecule has 2 atom stereocenters. The molecule has 0 bridgehead atoms. The SMILES string of the molecule is CC1SCCCC1NCc1cccnn1. The van der Waals surface area contributed by atoms with Crippen LogP contribution in [0.25, 0.3) is 0 Å². The number of nitrogens with zero attached hydrogens (tertiary/aromatic N) is 2. The predicted octanol–water partition coefficient (Wildman–Crippen LogP) is 1.85. The summed E-state index contributed by atoms with van der Waals surface area (Å²) in [6.07, 6.45) is 4.32. The van der Waals surface area contributed by atoms with Crippen molar-refractivity contribution in [2.45, 2.75) is 37.6 Å². The lowest BCUT2D eigenvalue weighted by atomic mass is 10.1. The highest BCUT2D eigenvalue weighted by Crippen LogP contribution is 2.25. The van der Waals surface area contributed by atoms with E-state index in [0.29, 0.717) is 6.04 Å². The van der Waals surface area contributed by atoms with E-state index in [0.717, 1.165) is 17.5 Å². The molecule has 1 N–H and O–H groups in total. The number of hydrogen-bond acceptors (Lipinski definition) is 4. The van der Waals surface area contributed by atoms with Crippen LogP contribution in [0.15, 0.2) is 18.3 Å². The first-order chi connectivity index (χ1) is 7.36. The van der Waals surface area contributed by atoms with Crippen molar-refractivity contribution in [3.05, 3.63) is 24.0 Å². The molecule has 15 heavy (non-hydrogen) atoms. The minimum Gasteiger partial charge on any atom is -0.307 e. The van der Waals surface area contributed by atoms with Crippen molar-refractivity contribution in [3.63, 3.8) is 0 Å². The molecule has 1 aromatic heterocycles. The molecule has 0 saturated carbocycles. The van der Waals surface area contributed by atoms with Gasteiger partial charge in [0.05, 0.1) is 5.69 Å². The second kappa shape index (κ2) is 5.47. The Bertz CT molecular complexity index is 291. The van der Waals surface area contributed by atoms with E-state index < -0.39 is 0 Å². The van der Waals surface area contributed by atoms with Crippen LogP contribution in [0.4, 0.5) is 0 Å². The fourth-order valence-electron chi connectivity index (χ4n) is 1.85. The maximum atomic E-state index is 4.07. The Morgan fingerprint density at radius 1 is 1.60 bits per heavy atom. The largest absolute Gasteiger partial charge is 0.307 e. The van der Waals surface area contributed by atoms with Crippen molar-refractivity contribution in [1.29, 1.82) is 0 Å². The van der Waals surface area contributed by atoms with E-state index in [1.54, 1.807) is 6.20 Å². The molecule has 1 fully saturated rings. The quantitative estimate of drug-likeness (QED) is 0.848. The molecular weight excluding hydrogens is 206 g/mol. The fraction of sp³-hybridized carbons (Fsp3) is 0.636. The second-order valence-electron chi connectivity index (χ2n) is 3.92. The number of aromatic nitrogens is 2. The first-order valence-electron chi connectivity index (χ1n) is 5.48. The zero-order valence-electron chi connectivity index (χ0n) is 9.02. The van der Waals surface area contributed by atoms with Crippen molar-refractivity contribution >= 4 is 11.8 Å². The van der Waals surface area contributed by atoms with Gasteiger partial charge in [-0.15, -0.1) is 0 Å². The minimum absolute atomic E-state index is 0.630. The molecule has 0 aliphatic carbocycles. The number of hydrogen-bond donors (Lipinski definition) is 1. The van der Waals surface area contributed by atoms with E-state index in [2.05, 4.69) is 34.2 Å². The summed E-state index contributed by atoms with van der Waals surface area (Å²) in [7, 11) is 0. The van der Waals surface area contributed by atoms with Gasteiger partial charge in [0.1, 0.15) is 0 Å². The monoisotopic (exact) mass is 223 g/mol. The molecule has 4 heteroatoms. The molecule has 2 heterocycles. The minimum atomic E-state index is 0.630. The van der Waals surface area contributed by atoms with Crippen molar-refractivity contribution in [2.24, 2.45) is 0 Å². The summed E-state index contributed by atoms with van der Waals surface area (Å²) in [5.74, 6) is 1.31. The summed E-state index contributed by atoms with van der Waals surface area (Å²) >= 11 is 2.06. The highest BCUT2D eigenvalue weighted by atomic mass is 32.2. The van der Waals surface area contributed by atoms with E-state index in [4.69, 9.17) is 0 Å². The summed E-state index contributed by atoms with van der Waals surface area (Å²) in [5.41, 5.74) is 1.03. The predicted molar refractivity (Wildman–Crippen MR) is 63.8 cm³/mol. The van der Waals surface area contributed by atoms with Crippen LogP contribution in [-0.4, -0.2) is 27.2 Å². The van der Waals surface area contributed by atoms with E-state index in [1.807, 2.05) is 12.1 Å². The molecule has 82 valence electrons. The summed E-state index contributed by atoms with van der Waals surface area (Å²) in [6, 6.07) is 4.58. The molecule has 1 aliphatic rings. The zero-order chi connectivity index (χ0) is 10.5. The smallest absolute Gasteiger partial charge is 0.0769 e. The van der Waals surface area contributed by atoms with Gasteiger partial charge in [-0.2, -0.15) is 22.0 Å². The Kier molecular flexibility index (Phi) is 3.97. The van der Waals surface area contributed by atoms with Gasteiger partial charge in [-0.25, -0.2) is 0 Å². The number of rotatable bonds is 3. The van der Waals surface area contributed by atoms with Gasteiger partial charge in [-0.3, -0.25) is 0 Å².